The molecule has 0 unspecified atom stereocenters. The minimum Gasteiger partial charge on any atom is -0.493 e. The van der Waals surface area contributed by atoms with Crippen LogP contribution in [0.4, 0.5) is 11.4 Å². The number of hydrogen-bond acceptors (Lipinski definition) is 7. The molecule has 0 spiro atoms. The highest BCUT2D eigenvalue weighted by Crippen LogP contribution is 2.40. The molecule has 0 atom stereocenters. The Hall–Kier alpha value is -5.37. The average molecular weight is 762 g/mol. The monoisotopic (exact) mass is 761 g/mol. The first-order chi connectivity index (χ1) is 26.6. The molecule has 6 aromatic rings. The fourth-order valence-corrected chi connectivity index (χ4v) is 9.39. The summed E-state index contributed by atoms with van der Waals surface area (Å²) in [5.41, 5.74) is 8.22. The number of benzene rings is 4. The number of aromatic carboxylic acids is 1. The molecule has 2 N–H and O–H groups in total. The number of ether oxygens (including phenoxy) is 1. The smallest absolute Gasteiger partial charge is 0.352 e. The van der Waals surface area contributed by atoms with Crippen LogP contribution in [-0.4, -0.2) is 84.5 Å². The first-order valence-corrected chi connectivity index (χ1v) is 20.4. The van der Waals surface area contributed by atoms with Crippen LogP contribution in [0.15, 0.2) is 84.9 Å². The maximum atomic E-state index is 13.2. The van der Waals surface area contributed by atoms with Crippen molar-refractivity contribution in [2.75, 3.05) is 56.2 Å². The third kappa shape index (κ3) is 6.92. The molecule has 0 radical (unpaired) electrons. The van der Waals surface area contributed by atoms with Crippen molar-refractivity contribution in [2.24, 2.45) is 7.05 Å². The van der Waals surface area contributed by atoms with Gasteiger partial charge in [-0.05, 0) is 67.5 Å². The number of para-hydroxylation sites is 1. The first-order valence-electron chi connectivity index (χ1n) is 18.9. The van der Waals surface area contributed by atoms with Crippen molar-refractivity contribution in [1.29, 1.82) is 0 Å². The molecule has 8 rings (SSSR count). The molecule has 55 heavy (non-hydrogen) atoms. The summed E-state index contributed by atoms with van der Waals surface area (Å²) in [6, 6.07) is 28.9. The lowest BCUT2D eigenvalue weighted by Gasteiger charge is -2.35. The Bertz CT molecular complexity index is 2480. The Morgan fingerprint density at radius 2 is 1.55 bits per heavy atom. The van der Waals surface area contributed by atoms with Gasteiger partial charge in [0.2, 0.25) is 0 Å². The molecule has 1 saturated heterocycles. The van der Waals surface area contributed by atoms with Gasteiger partial charge < -0.3 is 24.2 Å². The number of piperazine rings is 1. The Morgan fingerprint density at radius 1 is 0.855 bits per heavy atom. The van der Waals surface area contributed by atoms with Gasteiger partial charge in [-0.15, -0.1) is 0 Å². The number of carboxylic acid groups (broad SMARTS) is 1. The summed E-state index contributed by atoms with van der Waals surface area (Å²) in [5.74, 6) is -0.0942. The largest absolute Gasteiger partial charge is 0.493 e. The summed E-state index contributed by atoms with van der Waals surface area (Å²) >= 11 is 0. The van der Waals surface area contributed by atoms with Gasteiger partial charge in [0.1, 0.15) is 11.4 Å². The van der Waals surface area contributed by atoms with Crippen molar-refractivity contribution in [3.8, 4) is 16.9 Å². The van der Waals surface area contributed by atoms with Gasteiger partial charge in [-0.2, -0.15) is 17.8 Å². The normalized spacial score (nSPS) is 15.4. The number of anilines is 2. The van der Waals surface area contributed by atoms with Gasteiger partial charge in [0.05, 0.1) is 30.1 Å². The fourth-order valence-electron chi connectivity index (χ4n) is 8.48. The molecular weight excluding hydrogens is 715 g/mol. The van der Waals surface area contributed by atoms with Gasteiger partial charge >= 0.3 is 5.97 Å². The summed E-state index contributed by atoms with van der Waals surface area (Å²) in [6.45, 7) is 6.44. The number of fused-ring (bicyclic) bond motifs is 3. The molecule has 12 nitrogen and oxygen atoms in total. The molecule has 0 bridgehead atoms. The van der Waals surface area contributed by atoms with E-state index in [1.54, 1.807) is 0 Å². The summed E-state index contributed by atoms with van der Waals surface area (Å²) in [6.07, 6.45) is 1.97. The first kappa shape index (κ1) is 36.6. The van der Waals surface area contributed by atoms with Crippen molar-refractivity contribution in [3.05, 3.63) is 108 Å². The Morgan fingerprint density at radius 3 is 2.29 bits per heavy atom. The molecule has 2 aromatic heterocycles. The van der Waals surface area contributed by atoms with Gasteiger partial charge in [-0.25, -0.2) is 9.52 Å². The van der Waals surface area contributed by atoms with Crippen LogP contribution in [0.25, 0.3) is 32.8 Å². The van der Waals surface area contributed by atoms with Crippen molar-refractivity contribution < 1.29 is 23.1 Å². The highest BCUT2D eigenvalue weighted by molar-refractivity contribution is 7.87. The molecular formula is C42H47N7O5S. The van der Waals surface area contributed by atoms with Crippen LogP contribution in [-0.2, 0) is 36.8 Å². The van der Waals surface area contributed by atoms with Gasteiger partial charge in [-0.1, -0.05) is 54.6 Å². The second-order valence-corrected chi connectivity index (χ2v) is 16.2. The number of nitrogens with one attached hydrogen (secondary N) is 1. The molecule has 1 fully saturated rings. The summed E-state index contributed by atoms with van der Waals surface area (Å²) < 4.78 is 38.7. The van der Waals surface area contributed by atoms with Crippen LogP contribution in [0.3, 0.4) is 0 Å². The number of nitrogens with zero attached hydrogens (tertiary/aromatic N) is 6. The zero-order valence-electron chi connectivity index (χ0n) is 31.5. The number of hydrogen-bond donors (Lipinski definition) is 2. The lowest BCUT2D eigenvalue weighted by molar-refractivity contribution is 0.0684. The summed E-state index contributed by atoms with van der Waals surface area (Å²) in [4.78, 5) is 17.8. The number of aromatic nitrogens is 3. The quantitative estimate of drug-likeness (QED) is 0.158. The van der Waals surface area contributed by atoms with Crippen LogP contribution in [0.5, 0.6) is 5.75 Å². The fraction of sp³-hybridized carbons (Fsp3) is 0.333. The van der Waals surface area contributed by atoms with E-state index in [0.29, 0.717) is 71.0 Å². The number of aryl methyl sites for hydroxylation is 4. The molecule has 0 saturated carbocycles. The molecule has 4 heterocycles. The maximum Gasteiger partial charge on any atom is 0.352 e. The van der Waals surface area contributed by atoms with Crippen molar-refractivity contribution in [3.63, 3.8) is 0 Å². The predicted molar refractivity (Wildman–Crippen MR) is 217 cm³/mol. The molecule has 2 aliphatic rings. The van der Waals surface area contributed by atoms with Gasteiger partial charge in [0.15, 0.2) is 0 Å². The van der Waals surface area contributed by atoms with E-state index in [-0.39, 0.29) is 0 Å². The minimum atomic E-state index is -3.44. The zero-order valence-corrected chi connectivity index (χ0v) is 32.3. The molecule has 0 aliphatic carbocycles. The average Bonchev–Trinajstić information content (AvgIpc) is 3.67. The van der Waals surface area contributed by atoms with Crippen LogP contribution in [0, 0.1) is 6.92 Å². The van der Waals surface area contributed by atoms with E-state index in [1.165, 1.54) is 11.4 Å². The van der Waals surface area contributed by atoms with E-state index in [0.717, 1.165) is 73.3 Å². The van der Waals surface area contributed by atoms with Crippen molar-refractivity contribution in [1.82, 2.24) is 23.4 Å². The number of carboxylic acids is 1. The summed E-state index contributed by atoms with van der Waals surface area (Å²) in [5, 5.41) is 18.8. The van der Waals surface area contributed by atoms with Crippen molar-refractivity contribution in [2.45, 2.75) is 39.3 Å². The van der Waals surface area contributed by atoms with E-state index in [4.69, 9.17) is 9.84 Å². The van der Waals surface area contributed by atoms with E-state index in [2.05, 4.69) is 69.1 Å². The molecule has 286 valence electrons. The van der Waals surface area contributed by atoms with Crippen LogP contribution in [0.1, 0.15) is 40.3 Å². The van der Waals surface area contributed by atoms with E-state index in [9.17, 15) is 18.3 Å². The second kappa shape index (κ2) is 15.0. The van der Waals surface area contributed by atoms with Crippen LogP contribution < -0.4 is 19.3 Å². The van der Waals surface area contributed by atoms with Gasteiger partial charge in [-0.3, -0.25) is 4.68 Å². The molecule has 4 aromatic carbocycles. The Labute approximate surface area is 321 Å². The maximum absolute atomic E-state index is 13.2. The van der Waals surface area contributed by atoms with E-state index in [1.807, 2.05) is 53.6 Å². The zero-order chi connectivity index (χ0) is 38.3. The van der Waals surface area contributed by atoms with E-state index < -0.39 is 16.2 Å². The van der Waals surface area contributed by atoms with Crippen LogP contribution >= 0.6 is 0 Å². The highest BCUT2D eigenvalue weighted by atomic mass is 32.2. The SMILES string of the molecule is CNS(=O)(=O)N1CCN(c2ccc(N3CCCn4c(C(=O)O)c(CCCOc5cccc6ccccc56)c5cccc(c54)-c4c(C)nn(C)c4C3)cc2)CC1. The molecule has 13 heteroatoms. The van der Waals surface area contributed by atoms with Gasteiger partial charge in [0, 0.05) is 86.6 Å². The third-order valence-corrected chi connectivity index (χ3v) is 12.7. The number of carbonyl (C=O) groups is 1. The standard InChI is InChI=1S/C42H47N7O5S/c1-29-39-36-14-7-13-34-35(15-8-27-54-38-16-6-11-30-10-4-5-12-33(30)38)41(42(50)51)49(40(34)36)22-9-21-47(28-37(39)45(3)44-29)32-19-17-31(18-20-32)46-23-25-48(26-24-46)55(52,53)43-2/h4-7,10-14,16-20,43H,8-9,15,21-28H2,1-3H3,(H,50,51). The van der Waals surface area contributed by atoms with Gasteiger partial charge in [0.25, 0.3) is 10.2 Å². The predicted octanol–water partition coefficient (Wildman–Crippen LogP) is 6.21. The second-order valence-electron chi connectivity index (χ2n) is 14.3. The lowest BCUT2D eigenvalue weighted by Crippen LogP contribution is -2.51. The Kier molecular flexibility index (Phi) is 10.0. The van der Waals surface area contributed by atoms with Crippen LogP contribution in [0.2, 0.25) is 0 Å². The number of rotatable bonds is 10. The van der Waals surface area contributed by atoms with Crippen molar-refractivity contribution >= 4 is 49.2 Å². The Balaban J connectivity index is 1.08. The summed E-state index contributed by atoms with van der Waals surface area (Å²) in [7, 11) is -0.0177. The lowest BCUT2D eigenvalue weighted by atomic mass is 9.97. The third-order valence-electron chi connectivity index (χ3n) is 11.1. The van der Waals surface area contributed by atoms with E-state index >= 15 is 0 Å². The molecule has 0 amide bonds. The highest BCUT2D eigenvalue weighted by Gasteiger charge is 2.29. The minimum absolute atomic E-state index is 0.342. The topological polar surface area (TPSA) is 125 Å². The molecule has 2 aliphatic heterocycles.